The molecule has 4 rings (SSSR count). The van der Waals surface area contributed by atoms with Crippen LogP contribution in [0, 0.1) is 0 Å². The van der Waals surface area contributed by atoms with Crippen LogP contribution >= 0.6 is 11.3 Å². The Labute approximate surface area is 189 Å². The third-order valence-corrected chi connectivity index (χ3v) is 6.93. The Morgan fingerprint density at radius 2 is 1.35 bits per heavy atom. The largest absolute Gasteiger partial charge is 0.388 e. The van der Waals surface area contributed by atoms with Gasteiger partial charge in [-0.2, -0.15) is 0 Å². The number of piperazine rings is 1. The smallest absolute Gasteiger partial charge is 0.108 e. The molecule has 0 spiro atoms. The molecule has 1 unspecified atom stereocenters. The molecule has 1 N–H and O–H groups in total. The second kappa shape index (κ2) is 11.6. The number of hydrogen-bond donors (Lipinski definition) is 1. The van der Waals surface area contributed by atoms with Crippen LogP contribution in [0.5, 0.6) is 0 Å². The second-order valence-electron chi connectivity index (χ2n) is 8.08. The molecule has 0 amide bonds. The van der Waals surface area contributed by atoms with E-state index in [1.807, 2.05) is 29.6 Å². The van der Waals surface area contributed by atoms with Gasteiger partial charge in [-0.3, -0.25) is 4.90 Å². The zero-order chi connectivity index (χ0) is 21.3. The van der Waals surface area contributed by atoms with Gasteiger partial charge in [0.1, 0.15) is 6.10 Å². The van der Waals surface area contributed by atoms with E-state index in [4.69, 9.17) is 4.74 Å². The predicted octanol–water partition coefficient (Wildman–Crippen LogP) is 4.60. The lowest BCUT2D eigenvalue weighted by Gasteiger charge is -2.35. The first-order valence-electron chi connectivity index (χ1n) is 11.2. The lowest BCUT2D eigenvalue weighted by Crippen LogP contribution is -2.47. The van der Waals surface area contributed by atoms with Crippen molar-refractivity contribution in [3.05, 3.63) is 94.2 Å². The minimum absolute atomic E-state index is 0.0255. The second-order valence-corrected chi connectivity index (χ2v) is 9.05. The summed E-state index contributed by atoms with van der Waals surface area (Å²) in [7, 11) is 0. The molecule has 5 heteroatoms. The maximum Gasteiger partial charge on any atom is 0.108 e. The van der Waals surface area contributed by atoms with Gasteiger partial charge in [0.15, 0.2) is 0 Å². The van der Waals surface area contributed by atoms with E-state index in [1.165, 1.54) is 11.1 Å². The van der Waals surface area contributed by atoms with E-state index in [2.05, 4.69) is 58.3 Å². The van der Waals surface area contributed by atoms with Crippen molar-refractivity contribution in [1.82, 2.24) is 9.80 Å². The van der Waals surface area contributed by atoms with Crippen molar-refractivity contribution >= 4 is 11.3 Å². The Morgan fingerprint density at radius 1 is 0.774 bits per heavy atom. The van der Waals surface area contributed by atoms with Gasteiger partial charge in [0.05, 0.1) is 12.7 Å². The highest BCUT2D eigenvalue weighted by molar-refractivity contribution is 7.10. The summed E-state index contributed by atoms with van der Waals surface area (Å²) >= 11 is 1.64. The first-order valence-corrected chi connectivity index (χ1v) is 12.1. The van der Waals surface area contributed by atoms with E-state index >= 15 is 0 Å². The summed E-state index contributed by atoms with van der Waals surface area (Å²) in [6.45, 7) is 6.83. The van der Waals surface area contributed by atoms with Gasteiger partial charge in [0.2, 0.25) is 0 Å². The number of aliphatic hydroxyl groups excluding tert-OH is 1. The van der Waals surface area contributed by atoms with Gasteiger partial charge in [0, 0.05) is 44.1 Å². The van der Waals surface area contributed by atoms with Crippen LogP contribution in [0.25, 0.3) is 0 Å². The molecule has 1 saturated heterocycles. The van der Waals surface area contributed by atoms with Crippen LogP contribution in [-0.4, -0.2) is 60.8 Å². The highest BCUT2D eigenvalue weighted by Gasteiger charge is 2.19. The van der Waals surface area contributed by atoms with Gasteiger partial charge < -0.3 is 14.7 Å². The molecule has 4 nitrogen and oxygen atoms in total. The number of thiophene rings is 1. The zero-order valence-corrected chi connectivity index (χ0v) is 18.8. The van der Waals surface area contributed by atoms with Crippen molar-refractivity contribution in [2.45, 2.75) is 18.6 Å². The summed E-state index contributed by atoms with van der Waals surface area (Å²) in [6.07, 6.45) is 0.446. The van der Waals surface area contributed by atoms with Crippen molar-refractivity contribution < 1.29 is 9.84 Å². The monoisotopic (exact) mass is 436 g/mol. The molecule has 164 valence electrons. The fourth-order valence-electron chi connectivity index (χ4n) is 4.10. The zero-order valence-electron chi connectivity index (χ0n) is 18.0. The van der Waals surface area contributed by atoms with E-state index in [0.29, 0.717) is 6.61 Å². The first-order chi connectivity index (χ1) is 15.3. The Balaban J connectivity index is 1.21. The van der Waals surface area contributed by atoms with E-state index in [0.717, 1.165) is 50.6 Å². The summed E-state index contributed by atoms with van der Waals surface area (Å²) in [5.74, 6) is 0. The number of nitrogens with zero attached hydrogens (tertiary/aromatic N) is 2. The standard InChI is InChI=1S/C26H32N2O2S/c29-24(25-12-7-21-31-25)13-14-27-15-17-28(18-16-27)19-20-30-26(22-8-3-1-4-9-22)23-10-5-2-6-11-23/h1-12,21,24,26,29H,13-20H2. The van der Waals surface area contributed by atoms with Crippen LogP contribution in [0.4, 0.5) is 0 Å². The number of ether oxygens (including phenoxy) is 1. The fraction of sp³-hybridized carbons (Fsp3) is 0.385. The Kier molecular flexibility index (Phi) is 8.27. The molecule has 2 aromatic carbocycles. The molecule has 0 radical (unpaired) electrons. The van der Waals surface area contributed by atoms with Crippen molar-refractivity contribution in [3.63, 3.8) is 0 Å². The van der Waals surface area contributed by atoms with Crippen molar-refractivity contribution in [2.24, 2.45) is 0 Å². The average Bonchev–Trinajstić information content (AvgIpc) is 3.37. The molecule has 0 saturated carbocycles. The maximum absolute atomic E-state index is 10.3. The number of benzene rings is 2. The average molecular weight is 437 g/mol. The van der Waals surface area contributed by atoms with E-state index in [1.54, 1.807) is 11.3 Å². The molecule has 1 atom stereocenters. The lowest BCUT2D eigenvalue weighted by atomic mass is 10.0. The third-order valence-electron chi connectivity index (χ3n) is 5.95. The van der Waals surface area contributed by atoms with Crippen molar-refractivity contribution in [2.75, 3.05) is 45.9 Å². The summed E-state index contributed by atoms with van der Waals surface area (Å²) in [5.41, 5.74) is 2.39. The number of aliphatic hydroxyl groups is 1. The van der Waals surface area contributed by atoms with Crippen LogP contribution in [-0.2, 0) is 4.74 Å². The topological polar surface area (TPSA) is 35.9 Å². The van der Waals surface area contributed by atoms with Crippen LogP contribution < -0.4 is 0 Å². The third kappa shape index (κ3) is 6.48. The molecule has 2 heterocycles. The maximum atomic E-state index is 10.3. The van der Waals surface area contributed by atoms with Gasteiger partial charge in [-0.05, 0) is 29.0 Å². The number of rotatable bonds is 10. The summed E-state index contributed by atoms with van der Waals surface area (Å²) < 4.78 is 6.38. The molecule has 3 aromatic rings. The quantitative estimate of drug-likeness (QED) is 0.504. The summed E-state index contributed by atoms with van der Waals surface area (Å²) in [6, 6.07) is 25.0. The molecule has 1 aliphatic heterocycles. The van der Waals surface area contributed by atoms with Crippen LogP contribution in [0.15, 0.2) is 78.2 Å². The molecule has 1 aromatic heterocycles. The molecule has 0 bridgehead atoms. The summed E-state index contributed by atoms with van der Waals surface area (Å²) in [4.78, 5) is 6.02. The minimum Gasteiger partial charge on any atom is -0.388 e. The van der Waals surface area contributed by atoms with Crippen LogP contribution in [0.2, 0.25) is 0 Å². The molecule has 1 aliphatic rings. The van der Waals surface area contributed by atoms with Gasteiger partial charge >= 0.3 is 0 Å². The van der Waals surface area contributed by atoms with Crippen molar-refractivity contribution in [3.8, 4) is 0 Å². The highest BCUT2D eigenvalue weighted by atomic mass is 32.1. The Bertz CT molecular complexity index is 825. The van der Waals surface area contributed by atoms with E-state index < -0.39 is 0 Å². The fourth-order valence-corrected chi connectivity index (χ4v) is 4.85. The molecule has 1 fully saturated rings. The molecule has 31 heavy (non-hydrogen) atoms. The van der Waals surface area contributed by atoms with Crippen LogP contribution in [0.3, 0.4) is 0 Å². The first kappa shape index (κ1) is 22.2. The number of hydrogen-bond acceptors (Lipinski definition) is 5. The Hall–Kier alpha value is -2.02. The normalized spacial score (nSPS) is 16.6. The summed E-state index contributed by atoms with van der Waals surface area (Å²) in [5, 5.41) is 12.3. The van der Waals surface area contributed by atoms with Gasteiger partial charge in [-0.15, -0.1) is 11.3 Å². The molecular weight excluding hydrogens is 404 g/mol. The predicted molar refractivity (Wildman–Crippen MR) is 127 cm³/mol. The van der Waals surface area contributed by atoms with Gasteiger partial charge in [0.25, 0.3) is 0 Å². The lowest BCUT2D eigenvalue weighted by molar-refractivity contribution is 0.0427. The van der Waals surface area contributed by atoms with Gasteiger partial charge in [-0.25, -0.2) is 0 Å². The molecule has 0 aliphatic carbocycles. The Morgan fingerprint density at radius 3 is 1.90 bits per heavy atom. The van der Waals surface area contributed by atoms with E-state index in [-0.39, 0.29) is 12.2 Å². The SMILES string of the molecule is OC(CCN1CCN(CCOC(c2ccccc2)c2ccccc2)CC1)c1cccs1. The van der Waals surface area contributed by atoms with Gasteiger partial charge in [-0.1, -0.05) is 66.7 Å². The van der Waals surface area contributed by atoms with E-state index in [9.17, 15) is 5.11 Å². The highest BCUT2D eigenvalue weighted by Crippen LogP contribution is 2.26. The molecular formula is C26H32N2O2S. The van der Waals surface area contributed by atoms with Crippen LogP contribution in [0.1, 0.15) is 34.6 Å². The minimum atomic E-state index is -0.334. The van der Waals surface area contributed by atoms with Crippen molar-refractivity contribution in [1.29, 1.82) is 0 Å².